The van der Waals surface area contributed by atoms with Crippen molar-refractivity contribution < 1.29 is 18.7 Å². The zero-order valence-electron chi connectivity index (χ0n) is 20.6. The molecule has 0 fully saturated rings. The Balaban J connectivity index is 1.33. The topological polar surface area (TPSA) is 78.0 Å². The van der Waals surface area contributed by atoms with E-state index in [0.29, 0.717) is 17.3 Å². The summed E-state index contributed by atoms with van der Waals surface area (Å²) in [4.78, 5) is 12.5. The van der Waals surface area contributed by atoms with Gasteiger partial charge in [-0.1, -0.05) is 15.9 Å². The van der Waals surface area contributed by atoms with E-state index in [0.717, 1.165) is 15.7 Å². The van der Waals surface area contributed by atoms with Crippen LogP contribution < -0.4 is 14.9 Å². The summed E-state index contributed by atoms with van der Waals surface area (Å²) in [6.07, 6.45) is 1.55. The van der Waals surface area contributed by atoms with E-state index in [-0.39, 0.29) is 18.5 Å². The number of benzene rings is 2. The molecule has 0 bridgehead atoms. The fourth-order valence-electron chi connectivity index (χ4n) is 3.70. The van der Waals surface area contributed by atoms with E-state index < -0.39 is 5.91 Å². The number of carbonyl (C=O) groups excluding carboxylic acids is 1. The van der Waals surface area contributed by atoms with E-state index in [9.17, 15) is 4.79 Å². The quantitative estimate of drug-likeness (QED) is 0.189. The Morgan fingerprint density at radius 2 is 1.78 bits per heavy atom. The standard InChI is InChI=1S/C28H28BrN3O4/c1-18(2)35-26-13-7-22(29)15-21(26)16-30-31-28(33)27-14-12-25(36-27)17-34-24-10-8-23(9-11-24)32-19(3)5-6-20(32)4/h5-16,18H,17H2,1-4H3,(H,31,33)/b30-16+. The van der Waals surface area contributed by atoms with Gasteiger partial charge in [0.15, 0.2) is 5.76 Å². The Kier molecular flexibility index (Phi) is 7.95. The largest absolute Gasteiger partial charge is 0.490 e. The molecule has 186 valence electrons. The Morgan fingerprint density at radius 1 is 1.06 bits per heavy atom. The molecule has 2 aromatic heterocycles. The van der Waals surface area contributed by atoms with Gasteiger partial charge >= 0.3 is 5.91 Å². The van der Waals surface area contributed by atoms with Crippen molar-refractivity contribution in [3.8, 4) is 17.2 Å². The van der Waals surface area contributed by atoms with E-state index in [4.69, 9.17) is 13.9 Å². The lowest BCUT2D eigenvalue weighted by Crippen LogP contribution is -2.17. The van der Waals surface area contributed by atoms with Crippen molar-refractivity contribution in [1.29, 1.82) is 0 Å². The molecular weight excluding hydrogens is 522 g/mol. The lowest BCUT2D eigenvalue weighted by Gasteiger charge is -2.12. The molecule has 0 aliphatic carbocycles. The monoisotopic (exact) mass is 549 g/mol. The van der Waals surface area contributed by atoms with Crippen molar-refractivity contribution in [3.05, 3.63) is 99.7 Å². The van der Waals surface area contributed by atoms with Crippen LogP contribution in [0.2, 0.25) is 0 Å². The molecular formula is C28H28BrN3O4. The molecule has 0 radical (unpaired) electrons. The number of ether oxygens (including phenoxy) is 2. The normalized spacial score (nSPS) is 11.3. The Bertz CT molecular complexity index is 1350. The van der Waals surface area contributed by atoms with Crippen molar-refractivity contribution >= 4 is 28.1 Å². The van der Waals surface area contributed by atoms with Gasteiger partial charge in [-0.2, -0.15) is 5.10 Å². The van der Waals surface area contributed by atoms with Gasteiger partial charge in [0.05, 0.1) is 12.3 Å². The highest BCUT2D eigenvalue weighted by molar-refractivity contribution is 9.10. The summed E-state index contributed by atoms with van der Waals surface area (Å²) >= 11 is 3.44. The third-order valence-corrected chi connectivity index (χ3v) is 5.83. The van der Waals surface area contributed by atoms with Gasteiger partial charge in [-0.05, 0) is 94.4 Å². The van der Waals surface area contributed by atoms with Gasteiger partial charge in [-0.3, -0.25) is 4.79 Å². The Hall–Kier alpha value is -3.78. The third-order valence-electron chi connectivity index (χ3n) is 5.34. The number of hydrogen-bond acceptors (Lipinski definition) is 5. The number of rotatable bonds is 9. The van der Waals surface area contributed by atoms with E-state index >= 15 is 0 Å². The lowest BCUT2D eigenvalue weighted by atomic mass is 10.2. The Labute approximate surface area is 218 Å². The van der Waals surface area contributed by atoms with Crippen molar-refractivity contribution in [1.82, 2.24) is 9.99 Å². The minimum absolute atomic E-state index is 0.0161. The van der Waals surface area contributed by atoms with Crippen molar-refractivity contribution in [2.45, 2.75) is 40.4 Å². The molecule has 1 N–H and O–H groups in total. The van der Waals surface area contributed by atoms with E-state index in [2.05, 4.69) is 57.0 Å². The van der Waals surface area contributed by atoms with E-state index in [1.54, 1.807) is 12.1 Å². The zero-order chi connectivity index (χ0) is 25.7. The average molecular weight is 550 g/mol. The predicted molar refractivity (Wildman–Crippen MR) is 143 cm³/mol. The highest BCUT2D eigenvalue weighted by Crippen LogP contribution is 2.23. The molecule has 0 aliphatic rings. The number of hydrazone groups is 1. The molecule has 0 saturated carbocycles. The predicted octanol–water partition coefficient (Wildman–Crippen LogP) is 6.58. The molecule has 7 nitrogen and oxygen atoms in total. The summed E-state index contributed by atoms with van der Waals surface area (Å²) in [6.45, 7) is 8.25. The van der Waals surface area contributed by atoms with Crippen LogP contribution in [0.15, 0.2) is 80.7 Å². The van der Waals surface area contributed by atoms with Crippen LogP contribution in [0.25, 0.3) is 5.69 Å². The summed E-state index contributed by atoms with van der Waals surface area (Å²) in [5, 5.41) is 4.05. The first-order valence-corrected chi connectivity index (χ1v) is 12.4. The molecule has 0 atom stereocenters. The molecule has 2 aromatic carbocycles. The zero-order valence-corrected chi connectivity index (χ0v) is 22.2. The number of nitrogens with one attached hydrogen (secondary N) is 1. The van der Waals surface area contributed by atoms with Crippen LogP contribution in [-0.2, 0) is 6.61 Å². The minimum atomic E-state index is -0.458. The van der Waals surface area contributed by atoms with Crippen LogP contribution in [-0.4, -0.2) is 22.8 Å². The van der Waals surface area contributed by atoms with Gasteiger partial charge in [0.1, 0.15) is 23.9 Å². The maximum atomic E-state index is 12.5. The molecule has 36 heavy (non-hydrogen) atoms. The summed E-state index contributed by atoms with van der Waals surface area (Å²) in [5.41, 5.74) is 6.64. The van der Waals surface area contributed by atoms with Crippen molar-refractivity contribution in [2.75, 3.05) is 0 Å². The number of halogens is 1. The van der Waals surface area contributed by atoms with Gasteiger partial charge in [0.25, 0.3) is 0 Å². The molecule has 8 heteroatoms. The summed E-state index contributed by atoms with van der Waals surface area (Å²) in [6, 6.07) is 20.9. The third kappa shape index (κ3) is 6.26. The first kappa shape index (κ1) is 25.3. The smallest absolute Gasteiger partial charge is 0.307 e. The van der Waals surface area contributed by atoms with Crippen LogP contribution in [0, 0.1) is 13.8 Å². The summed E-state index contributed by atoms with van der Waals surface area (Å²) in [5.74, 6) is 1.61. The average Bonchev–Trinajstić information content (AvgIpc) is 3.46. The van der Waals surface area contributed by atoms with Gasteiger partial charge in [0, 0.05) is 27.1 Å². The van der Waals surface area contributed by atoms with Gasteiger partial charge < -0.3 is 18.5 Å². The molecule has 0 spiro atoms. The molecule has 0 saturated heterocycles. The van der Waals surface area contributed by atoms with Gasteiger partial charge in [-0.15, -0.1) is 0 Å². The minimum Gasteiger partial charge on any atom is -0.490 e. The molecule has 4 aromatic rings. The van der Waals surface area contributed by atoms with Crippen LogP contribution in [0.3, 0.4) is 0 Å². The number of hydrogen-bond donors (Lipinski definition) is 1. The number of aryl methyl sites for hydroxylation is 2. The van der Waals surface area contributed by atoms with Gasteiger partial charge in [-0.25, -0.2) is 5.43 Å². The van der Waals surface area contributed by atoms with Crippen molar-refractivity contribution in [2.24, 2.45) is 5.10 Å². The Morgan fingerprint density at radius 3 is 2.47 bits per heavy atom. The van der Waals surface area contributed by atoms with E-state index in [1.165, 1.54) is 17.6 Å². The fourth-order valence-corrected chi connectivity index (χ4v) is 4.07. The SMILES string of the molecule is Cc1ccc(C)n1-c1ccc(OCc2ccc(C(=O)N/N=C/c3cc(Br)ccc3OC(C)C)o2)cc1. The maximum Gasteiger partial charge on any atom is 0.307 e. The fraction of sp³-hybridized carbons (Fsp3) is 0.214. The van der Waals surface area contributed by atoms with Crippen LogP contribution in [0.4, 0.5) is 0 Å². The number of furan rings is 1. The lowest BCUT2D eigenvalue weighted by molar-refractivity contribution is 0.0923. The number of amides is 1. The number of nitrogens with zero attached hydrogens (tertiary/aromatic N) is 2. The first-order chi connectivity index (χ1) is 17.3. The molecule has 0 unspecified atom stereocenters. The second kappa shape index (κ2) is 11.3. The van der Waals surface area contributed by atoms with Gasteiger partial charge in [0.2, 0.25) is 0 Å². The molecule has 1 amide bonds. The van der Waals surface area contributed by atoms with Crippen LogP contribution in [0.5, 0.6) is 11.5 Å². The van der Waals surface area contributed by atoms with Crippen LogP contribution >= 0.6 is 15.9 Å². The number of aromatic nitrogens is 1. The first-order valence-electron chi connectivity index (χ1n) is 11.6. The second-order valence-corrected chi connectivity index (χ2v) is 9.46. The summed E-state index contributed by atoms with van der Waals surface area (Å²) < 4.78 is 20.3. The maximum absolute atomic E-state index is 12.5. The van der Waals surface area contributed by atoms with Crippen LogP contribution in [0.1, 0.15) is 47.1 Å². The van der Waals surface area contributed by atoms with Crippen molar-refractivity contribution in [3.63, 3.8) is 0 Å². The highest BCUT2D eigenvalue weighted by Gasteiger charge is 2.12. The second-order valence-electron chi connectivity index (χ2n) is 8.55. The molecule has 4 rings (SSSR count). The molecule has 0 aliphatic heterocycles. The highest BCUT2D eigenvalue weighted by atomic mass is 79.9. The number of carbonyl (C=O) groups is 1. The molecule has 2 heterocycles. The summed E-state index contributed by atoms with van der Waals surface area (Å²) in [7, 11) is 0. The van der Waals surface area contributed by atoms with E-state index in [1.807, 2.05) is 56.3 Å².